The van der Waals surface area contributed by atoms with Crippen molar-refractivity contribution in [2.24, 2.45) is 10.9 Å². The zero-order chi connectivity index (χ0) is 13.9. The van der Waals surface area contributed by atoms with Crippen molar-refractivity contribution in [3.8, 4) is 0 Å². The first-order chi connectivity index (χ1) is 9.22. The Kier molecular flexibility index (Phi) is 8.63. The summed E-state index contributed by atoms with van der Waals surface area (Å²) in [6.07, 6.45) is 6.38. The zero-order valence-corrected chi connectivity index (χ0v) is 12.9. The summed E-state index contributed by atoms with van der Waals surface area (Å²) in [5.74, 6) is 1.72. The summed E-state index contributed by atoms with van der Waals surface area (Å²) in [7, 11) is 0. The molecule has 112 valence electrons. The third kappa shape index (κ3) is 8.09. The molecule has 1 aliphatic heterocycles. The second kappa shape index (κ2) is 10.1. The third-order valence-corrected chi connectivity index (χ3v) is 3.34. The number of hydrogen-bond acceptors (Lipinski definition) is 2. The molecule has 1 saturated heterocycles. The van der Waals surface area contributed by atoms with E-state index in [9.17, 15) is 0 Å². The summed E-state index contributed by atoms with van der Waals surface area (Å²) in [5.41, 5.74) is 0. The highest BCUT2D eigenvalue weighted by Gasteiger charge is 2.14. The summed E-state index contributed by atoms with van der Waals surface area (Å²) < 4.78 is 5.62. The van der Waals surface area contributed by atoms with Gasteiger partial charge in [-0.2, -0.15) is 0 Å². The lowest BCUT2D eigenvalue weighted by Gasteiger charge is -2.13. The normalized spacial score (nSPS) is 20.0. The highest BCUT2D eigenvalue weighted by atomic mass is 16.5. The van der Waals surface area contributed by atoms with Crippen molar-refractivity contribution in [2.45, 2.75) is 59.0 Å². The topological polar surface area (TPSA) is 45.7 Å². The zero-order valence-electron chi connectivity index (χ0n) is 12.9. The minimum atomic E-state index is 0.455. The van der Waals surface area contributed by atoms with E-state index in [1.165, 1.54) is 25.7 Å². The number of hydrogen-bond donors (Lipinski definition) is 2. The van der Waals surface area contributed by atoms with Gasteiger partial charge in [0.15, 0.2) is 5.96 Å². The fourth-order valence-electron chi connectivity index (χ4n) is 2.26. The Bertz CT molecular complexity index is 248. The molecule has 19 heavy (non-hydrogen) atoms. The largest absolute Gasteiger partial charge is 0.378 e. The van der Waals surface area contributed by atoms with Crippen molar-refractivity contribution >= 4 is 5.96 Å². The minimum Gasteiger partial charge on any atom is -0.378 e. The molecule has 1 atom stereocenters. The van der Waals surface area contributed by atoms with Crippen molar-refractivity contribution < 1.29 is 4.74 Å². The Morgan fingerprint density at radius 3 is 2.84 bits per heavy atom. The predicted molar refractivity (Wildman–Crippen MR) is 81.6 cm³/mol. The van der Waals surface area contributed by atoms with E-state index in [0.717, 1.165) is 44.5 Å². The summed E-state index contributed by atoms with van der Waals surface area (Å²) in [4.78, 5) is 4.60. The van der Waals surface area contributed by atoms with Gasteiger partial charge in [0.05, 0.1) is 6.10 Å². The molecule has 1 fully saturated rings. The lowest BCUT2D eigenvalue weighted by Crippen LogP contribution is -2.38. The van der Waals surface area contributed by atoms with E-state index in [4.69, 9.17) is 4.74 Å². The number of ether oxygens (including phenoxy) is 1. The molecule has 1 rings (SSSR count). The highest BCUT2D eigenvalue weighted by molar-refractivity contribution is 5.79. The van der Waals surface area contributed by atoms with Crippen LogP contribution in [0.5, 0.6) is 0 Å². The molecule has 0 spiro atoms. The second-order valence-electron chi connectivity index (χ2n) is 5.65. The van der Waals surface area contributed by atoms with Crippen molar-refractivity contribution in [1.82, 2.24) is 10.6 Å². The molecule has 4 nitrogen and oxygen atoms in total. The van der Waals surface area contributed by atoms with Gasteiger partial charge in [0.1, 0.15) is 0 Å². The first-order valence-electron chi connectivity index (χ1n) is 7.86. The van der Waals surface area contributed by atoms with Gasteiger partial charge in [-0.15, -0.1) is 0 Å². The summed E-state index contributed by atoms with van der Waals surface area (Å²) >= 11 is 0. The fourth-order valence-corrected chi connectivity index (χ4v) is 2.26. The first-order valence-corrected chi connectivity index (χ1v) is 7.86. The molecular weight excluding hydrogens is 238 g/mol. The molecular formula is C15H31N3O. The van der Waals surface area contributed by atoms with Crippen molar-refractivity contribution in [3.63, 3.8) is 0 Å². The Morgan fingerprint density at radius 2 is 2.21 bits per heavy atom. The number of aliphatic imine (C=N–C) groups is 1. The predicted octanol–water partition coefficient (Wildman–Crippen LogP) is 2.55. The summed E-state index contributed by atoms with van der Waals surface area (Å²) in [6, 6.07) is 0. The Labute approximate surface area is 118 Å². The van der Waals surface area contributed by atoms with Crippen molar-refractivity contribution in [1.29, 1.82) is 0 Å². The van der Waals surface area contributed by atoms with Gasteiger partial charge in [-0.25, -0.2) is 0 Å². The number of rotatable bonds is 8. The lowest BCUT2D eigenvalue weighted by molar-refractivity contribution is 0.105. The lowest BCUT2D eigenvalue weighted by atomic mass is 10.1. The van der Waals surface area contributed by atoms with Crippen LogP contribution in [-0.2, 0) is 4.74 Å². The second-order valence-corrected chi connectivity index (χ2v) is 5.65. The van der Waals surface area contributed by atoms with E-state index < -0.39 is 0 Å². The van der Waals surface area contributed by atoms with Crippen LogP contribution in [0.15, 0.2) is 4.99 Å². The van der Waals surface area contributed by atoms with E-state index >= 15 is 0 Å². The van der Waals surface area contributed by atoms with Crippen LogP contribution in [0.1, 0.15) is 52.9 Å². The molecule has 0 aliphatic carbocycles. The van der Waals surface area contributed by atoms with E-state index in [0.29, 0.717) is 6.10 Å². The standard InChI is InChI=1S/C15H31N3O/c1-4-16-15(17-10-5-7-13(2)3)18-11-9-14-8-6-12-19-14/h13-14H,4-12H2,1-3H3,(H2,16,17,18). The molecule has 1 unspecified atom stereocenters. The van der Waals surface area contributed by atoms with Gasteiger partial charge in [-0.3, -0.25) is 4.99 Å². The van der Waals surface area contributed by atoms with Crippen molar-refractivity contribution in [2.75, 3.05) is 26.2 Å². The van der Waals surface area contributed by atoms with Crippen LogP contribution < -0.4 is 10.6 Å². The molecule has 2 N–H and O–H groups in total. The average Bonchev–Trinajstić information content (AvgIpc) is 2.87. The molecule has 0 aromatic carbocycles. The van der Waals surface area contributed by atoms with E-state index in [-0.39, 0.29) is 0 Å². The molecule has 0 amide bonds. The van der Waals surface area contributed by atoms with E-state index in [1.54, 1.807) is 0 Å². The fraction of sp³-hybridized carbons (Fsp3) is 0.933. The highest BCUT2D eigenvalue weighted by Crippen LogP contribution is 2.14. The minimum absolute atomic E-state index is 0.455. The average molecular weight is 269 g/mol. The van der Waals surface area contributed by atoms with Crippen LogP contribution in [0.3, 0.4) is 0 Å². The van der Waals surface area contributed by atoms with E-state index in [2.05, 4.69) is 36.4 Å². The monoisotopic (exact) mass is 269 g/mol. The van der Waals surface area contributed by atoms with Crippen LogP contribution in [0.25, 0.3) is 0 Å². The summed E-state index contributed by atoms with van der Waals surface area (Å²) in [6.45, 7) is 10.3. The molecule has 4 heteroatoms. The molecule has 1 aliphatic rings. The first kappa shape index (κ1) is 16.3. The van der Waals surface area contributed by atoms with Crippen LogP contribution in [0.4, 0.5) is 0 Å². The van der Waals surface area contributed by atoms with Crippen LogP contribution in [0.2, 0.25) is 0 Å². The number of nitrogens with zero attached hydrogens (tertiary/aromatic N) is 1. The molecule has 0 saturated carbocycles. The van der Waals surface area contributed by atoms with Gasteiger partial charge >= 0.3 is 0 Å². The van der Waals surface area contributed by atoms with Crippen LogP contribution in [-0.4, -0.2) is 38.3 Å². The van der Waals surface area contributed by atoms with Gasteiger partial charge in [0.2, 0.25) is 0 Å². The van der Waals surface area contributed by atoms with Gasteiger partial charge in [0, 0.05) is 26.2 Å². The summed E-state index contributed by atoms with van der Waals surface area (Å²) in [5, 5.41) is 6.69. The van der Waals surface area contributed by atoms with Gasteiger partial charge in [-0.1, -0.05) is 13.8 Å². The van der Waals surface area contributed by atoms with Crippen LogP contribution >= 0.6 is 0 Å². The Balaban J connectivity index is 2.16. The molecule has 0 aromatic heterocycles. The maximum absolute atomic E-state index is 5.62. The van der Waals surface area contributed by atoms with Gasteiger partial charge in [0.25, 0.3) is 0 Å². The Hall–Kier alpha value is -0.770. The number of guanidine groups is 1. The van der Waals surface area contributed by atoms with Crippen molar-refractivity contribution in [3.05, 3.63) is 0 Å². The van der Waals surface area contributed by atoms with Gasteiger partial charge < -0.3 is 15.4 Å². The van der Waals surface area contributed by atoms with E-state index in [1.807, 2.05) is 0 Å². The molecule has 0 radical (unpaired) electrons. The molecule has 0 aromatic rings. The Morgan fingerprint density at radius 1 is 1.37 bits per heavy atom. The molecule has 1 heterocycles. The maximum Gasteiger partial charge on any atom is 0.191 e. The van der Waals surface area contributed by atoms with Gasteiger partial charge in [-0.05, 0) is 44.9 Å². The van der Waals surface area contributed by atoms with Crippen LogP contribution in [0, 0.1) is 5.92 Å². The maximum atomic E-state index is 5.62. The number of nitrogens with one attached hydrogen (secondary N) is 2. The molecule has 0 bridgehead atoms. The third-order valence-electron chi connectivity index (χ3n) is 3.34. The quantitative estimate of drug-likeness (QED) is 0.404. The SMILES string of the molecule is CCNC(=NCCCC(C)C)NCCC1CCCO1. The smallest absolute Gasteiger partial charge is 0.191 e.